The Balaban J connectivity index is 1.95. The predicted octanol–water partition coefficient (Wildman–Crippen LogP) is 2.68. The van der Waals surface area contributed by atoms with Crippen molar-refractivity contribution in [2.45, 2.75) is 51.5 Å². The number of carboxylic acid groups (broad SMARTS) is 1. The number of carbonyl (C=O) groups is 2. The Morgan fingerprint density at radius 2 is 1.90 bits per heavy atom. The highest BCUT2D eigenvalue weighted by atomic mass is 16.4. The summed E-state index contributed by atoms with van der Waals surface area (Å²) >= 11 is 0. The molecule has 2 N–H and O–H groups in total. The van der Waals surface area contributed by atoms with Crippen LogP contribution in [-0.2, 0) is 9.59 Å². The molecule has 0 unspecified atom stereocenters. The van der Waals surface area contributed by atoms with Gasteiger partial charge in [-0.05, 0) is 42.9 Å². The van der Waals surface area contributed by atoms with Crippen LogP contribution >= 0.6 is 0 Å². The second kappa shape index (κ2) is 6.70. The van der Waals surface area contributed by atoms with E-state index in [-0.39, 0.29) is 23.8 Å². The standard InChI is InChI=1S/C16H22N2O3/c1-12(13-4-8-17-9-5-13)18-14(19)10-16(11-15(20)21)6-2-3-7-16/h4-5,8-9,12H,2-3,6-7,10-11H2,1H3,(H,18,19)(H,20,21)/t12-/m0/s1. The first-order valence-corrected chi connectivity index (χ1v) is 7.42. The summed E-state index contributed by atoms with van der Waals surface area (Å²) in [6, 6.07) is 3.64. The third-order valence-electron chi connectivity index (χ3n) is 4.31. The number of rotatable bonds is 6. The van der Waals surface area contributed by atoms with E-state index in [9.17, 15) is 9.59 Å². The number of pyridine rings is 1. The van der Waals surface area contributed by atoms with Crippen molar-refractivity contribution in [3.05, 3.63) is 30.1 Å². The van der Waals surface area contributed by atoms with Crippen molar-refractivity contribution in [3.8, 4) is 0 Å². The summed E-state index contributed by atoms with van der Waals surface area (Å²) in [6.07, 6.45) is 7.47. The van der Waals surface area contributed by atoms with Gasteiger partial charge in [0.25, 0.3) is 0 Å². The van der Waals surface area contributed by atoms with Gasteiger partial charge >= 0.3 is 5.97 Å². The van der Waals surface area contributed by atoms with E-state index >= 15 is 0 Å². The molecule has 0 spiro atoms. The first-order chi connectivity index (χ1) is 10.0. The number of nitrogens with zero attached hydrogens (tertiary/aromatic N) is 1. The summed E-state index contributed by atoms with van der Waals surface area (Å²) in [5, 5.41) is 12.0. The Labute approximate surface area is 124 Å². The van der Waals surface area contributed by atoms with E-state index in [0.717, 1.165) is 31.2 Å². The number of nitrogens with one attached hydrogen (secondary N) is 1. The summed E-state index contributed by atoms with van der Waals surface area (Å²) < 4.78 is 0. The number of carbonyl (C=O) groups excluding carboxylic acids is 1. The van der Waals surface area contributed by atoms with Gasteiger partial charge in [0.15, 0.2) is 0 Å². The van der Waals surface area contributed by atoms with Gasteiger partial charge in [-0.15, -0.1) is 0 Å². The highest BCUT2D eigenvalue weighted by Crippen LogP contribution is 2.44. The van der Waals surface area contributed by atoms with Crippen LogP contribution in [0.25, 0.3) is 0 Å². The maximum Gasteiger partial charge on any atom is 0.303 e. The molecule has 114 valence electrons. The maximum atomic E-state index is 12.2. The van der Waals surface area contributed by atoms with Crippen LogP contribution in [0.3, 0.4) is 0 Å². The first-order valence-electron chi connectivity index (χ1n) is 7.42. The predicted molar refractivity (Wildman–Crippen MR) is 78.6 cm³/mol. The van der Waals surface area contributed by atoms with Crippen molar-refractivity contribution < 1.29 is 14.7 Å². The Morgan fingerprint density at radius 1 is 1.29 bits per heavy atom. The minimum Gasteiger partial charge on any atom is -0.481 e. The fraction of sp³-hybridized carbons (Fsp3) is 0.562. The van der Waals surface area contributed by atoms with Gasteiger partial charge in [-0.1, -0.05) is 12.8 Å². The summed E-state index contributed by atoms with van der Waals surface area (Å²) in [6.45, 7) is 1.92. The van der Waals surface area contributed by atoms with Crippen LogP contribution in [0, 0.1) is 5.41 Å². The lowest BCUT2D eigenvalue weighted by Gasteiger charge is -2.27. The zero-order valence-electron chi connectivity index (χ0n) is 12.3. The molecular weight excluding hydrogens is 268 g/mol. The number of aliphatic carboxylic acids is 1. The molecule has 21 heavy (non-hydrogen) atoms. The molecule has 1 amide bonds. The van der Waals surface area contributed by atoms with Crippen molar-refractivity contribution in [1.29, 1.82) is 0 Å². The Bertz CT molecular complexity index is 496. The lowest BCUT2D eigenvalue weighted by molar-refractivity contribution is -0.140. The molecule has 0 aliphatic heterocycles. The summed E-state index contributed by atoms with van der Waals surface area (Å²) in [7, 11) is 0. The molecular formula is C16H22N2O3. The average Bonchev–Trinajstić information content (AvgIpc) is 2.86. The third kappa shape index (κ3) is 4.28. The van der Waals surface area contributed by atoms with Crippen LogP contribution < -0.4 is 5.32 Å². The van der Waals surface area contributed by atoms with Crippen molar-refractivity contribution in [2.75, 3.05) is 0 Å². The molecule has 0 saturated heterocycles. The molecule has 1 aromatic heterocycles. The Kier molecular flexibility index (Phi) is 4.94. The van der Waals surface area contributed by atoms with Gasteiger partial charge in [0.2, 0.25) is 5.91 Å². The molecule has 1 aliphatic carbocycles. The van der Waals surface area contributed by atoms with E-state index in [2.05, 4.69) is 10.3 Å². The highest BCUT2D eigenvalue weighted by molar-refractivity contribution is 5.78. The molecule has 5 heteroatoms. The van der Waals surface area contributed by atoms with E-state index in [1.807, 2.05) is 19.1 Å². The molecule has 0 radical (unpaired) electrons. The average molecular weight is 290 g/mol. The van der Waals surface area contributed by atoms with Gasteiger partial charge in [-0.3, -0.25) is 14.6 Å². The van der Waals surface area contributed by atoms with Crippen molar-refractivity contribution in [2.24, 2.45) is 5.41 Å². The van der Waals surface area contributed by atoms with Crippen LogP contribution in [0.5, 0.6) is 0 Å². The van der Waals surface area contributed by atoms with Crippen LogP contribution in [-0.4, -0.2) is 22.0 Å². The summed E-state index contributed by atoms with van der Waals surface area (Å²) in [4.78, 5) is 27.3. The van der Waals surface area contributed by atoms with Gasteiger partial charge in [-0.25, -0.2) is 0 Å². The molecule has 1 aliphatic rings. The number of amides is 1. The zero-order chi connectivity index (χ0) is 15.3. The normalized spacial score (nSPS) is 18.1. The third-order valence-corrected chi connectivity index (χ3v) is 4.31. The van der Waals surface area contributed by atoms with Crippen LogP contribution in [0.15, 0.2) is 24.5 Å². The van der Waals surface area contributed by atoms with Crippen LogP contribution in [0.4, 0.5) is 0 Å². The molecule has 0 aromatic carbocycles. The van der Waals surface area contributed by atoms with E-state index < -0.39 is 5.97 Å². The SMILES string of the molecule is C[C@H](NC(=O)CC1(CC(=O)O)CCCC1)c1ccncc1. The quantitative estimate of drug-likeness (QED) is 0.844. The summed E-state index contributed by atoms with van der Waals surface area (Å²) in [5.41, 5.74) is 0.644. The fourth-order valence-electron chi connectivity index (χ4n) is 3.23. The molecule has 1 heterocycles. The maximum absolute atomic E-state index is 12.2. The lowest BCUT2D eigenvalue weighted by atomic mass is 9.79. The summed E-state index contributed by atoms with van der Waals surface area (Å²) in [5.74, 6) is -0.880. The topological polar surface area (TPSA) is 79.3 Å². The van der Waals surface area contributed by atoms with Crippen LogP contribution in [0.2, 0.25) is 0 Å². The largest absolute Gasteiger partial charge is 0.481 e. The number of hydrogen-bond donors (Lipinski definition) is 2. The van der Waals surface area contributed by atoms with Gasteiger partial charge in [-0.2, -0.15) is 0 Å². The van der Waals surface area contributed by atoms with Crippen molar-refractivity contribution in [3.63, 3.8) is 0 Å². The monoisotopic (exact) mass is 290 g/mol. The second-order valence-corrected chi connectivity index (χ2v) is 6.02. The smallest absolute Gasteiger partial charge is 0.303 e. The zero-order valence-corrected chi connectivity index (χ0v) is 12.3. The minimum absolute atomic E-state index is 0.0672. The van der Waals surface area contributed by atoms with E-state index in [1.165, 1.54) is 0 Å². The van der Waals surface area contributed by atoms with Crippen LogP contribution in [0.1, 0.15) is 57.1 Å². The lowest BCUT2D eigenvalue weighted by Crippen LogP contribution is -2.33. The first kappa shape index (κ1) is 15.5. The molecule has 0 bridgehead atoms. The van der Waals surface area contributed by atoms with E-state index in [1.54, 1.807) is 12.4 Å². The number of carboxylic acids is 1. The van der Waals surface area contributed by atoms with Gasteiger partial charge in [0.1, 0.15) is 0 Å². The van der Waals surface area contributed by atoms with Crippen molar-refractivity contribution >= 4 is 11.9 Å². The van der Waals surface area contributed by atoms with Gasteiger partial charge in [0, 0.05) is 18.8 Å². The Hall–Kier alpha value is -1.91. The second-order valence-electron chi connectivity index (χ2n) is 6.02. The number of hydrogen-bond acceptors (Lipinski definition) is 3. The molecule has 5 nitrogen and oxygen atoms in total. The molecule has 2 rings (SSSR count). The van der Waals surface area contributed by atoms with Crippen molar-refractivity contribution in [1.82, 2.24) is 10.3 Å². The highest BCUT2D eigenvalue weighted by Gasteiger charge is 2.38. The van der Waals surface area contributed by atoms with Gasteiger partial charge in [0.05, 0.1) is 12.5 Å². The molecule has 1 aromatic rings. The molecule has 1 atom stereocenters. The molecule has 1 fully saturated rings. The number of aromatic nitrogens is 1. The van der Waals surface area contributed by atoms with E-state index in [0.29, 0.717) is 6.42 Å². The van der Waals surface area contributed by atoms with Gasteiger partial charge < -0.3 is 10.4 Å². The Morgan fingerprint density at radius 3 is 2.48 bits per heavy atom. The minimum atomic E-state index is -0.813. The van der Waals surface area contributed by atoms with E-state index in [4.69, 9.17) is 5.11 Å². The fourth-order valence-corrected chi connectivity index (χ4v) is 3.23. The molecule has 1 saturated carbocycles.